The standard InChI is InChI=1S/C25H22N2O4/c1-16-24-18(13-27(15-30-24)14-19-5-3-4-10-26-19)12-21-23(28)22(31-25(16)21)11-17-6-8-20(29-2)9-7-17/h3-12H,13-15H2,1-2H3. The maximum Gasteiger partial charge on any atom is 0.231 e. The molecule has 3 heterocycles. The van der Waals surface area contributed by atoms with E-state index in [2.05, 4.69) is 9.88 Å². The molecule has 0 atom stereocenters. The minimum Gasteiger partial charge on any atom is -0.497 e. The van der Waals surface area contributed by atoms with Crippen molar-refractivity contribution >= 4 is 11.9 Å². The molecule has 156 valence electrons. The summed E-state index contributed by atoms with van der Waals surface area (Å²) in [5.74, 6) is 2.35. The average Bonchev–Trinajstić information content (AvgIpc) is 3.11. The Morgan fingerprint density at radius 3 is 2.74 bits per heavy atom. The Morgan fingerprint density at radius 2 is 2.00 bits per heavy atom. The first-order valence-corrected chi connectivity index (χ1v) is 10.1. The minimum absolute atomic E-state index is 0.112. The molecule has 6 heteroatoms. The van der Waals surface area contributed by atoms with Crippen LogP contribution in [0.15, 0.2) is 60.5 Å². The van der Waals surface area contributed by atoms with Gasteiger partial charge in [-0.3, -0.25) is 14.7 Å². The molecule has 3 aromatic rings. The van der Waals surface area contributed by atoms with E-state index in [1.807, 2.05) is 55.5 Å². The van der Waals surface area contributed by atoms with E-state index in [0.29, 0.717) is 36.9 Å². The molecule has 0 spiro atoms. The Balaban J connectivity index is 1.41. The van der Waals surface area contributed by atoms with Crippen LogP contribution in [0.3, 0.4) is 0 Å². The van der Waals surface area contributed by atoms with Crippen molar-refractivity contribution in [2.45, 2.75) is 20.0 Å². The number of carbonyl (C=O) groups is 1. The average molecular weight is 414 g/mol. The van der Waals surface area contributed by atoms with Crippen LogP contribution in [0.5, 0.6) is 17.2 Å². The molecule has 0 bridgehead atoms. The van der Waals surface area contributed by atoms with Crippen molar-refractivity contribution in [3.63, 3.8) is 0 Å². The van der Waals surface area contributed by atoms with Crippen molar-refractivity contribution in [3.05, 3.63) is 88.4 Å². The maximum absolute atomic E-state index is 13.1. The second-order valence-electron chi connectivity index (χ2n) is 7.66. The number of rotatable bonds is 4. The number of methoxy groups -OCH3 is 1. The number of nitrogens with zero attached hydrogens (tertiary/aromatic N) is 2. The summed E-state index contributed by atoms with van der Waals surface area (Å²) in [5.41, 5.74) is 4.28. The number of ketones is 1. The molecular formula is C25H22N2O4. The summed E-state index contributed by atoms with van der Waals surface area (Å²) in [6.07, 6.45) is 3.55. The predicted molar refractivity (Wildman–Crippen MR) is 116 cm³/mol. The van der Waals surface area contributed by atoms with Gasteiger partial charge < -0.3 is 14.2 Å². The third kappa shape index (κ3) is 3.66. The smallest absolute Gasteiger partial charge is 0.231 e. The molecule has 1 aromatic heterocycles. The molecule has 0 aliphatic carbocycles. The molecule has 5 rings (SSSR count). The lowest BCUT2D eigenvalue weighted by molar-refractivity contribution is 0.0865. The van der Waals surface area contributed by atoms with Crippen molar-refractivity contribution in [2.75, 3.05) is 13.8 Å². The Kier molecular flexibility index (Phi) is 4.92. The molecule has 0 fully saturated rings. The number of pyridine rings is 1. The summed E-state index contributed by atoms with van der Waals surface area (Å²) in [4.78, 5) is 19.6. The fourth-order valence-corrected chi connectivity index (χ4v) is 3.97. The third-order valence-electron chi connectivity index (χ3n) is 5.53. The van der Waals surface area contributed by atoms with Gasteiger partial charge in [0.05, 0.1) is 18.4 Å². The lowest BCUT2D eigenvalue weighted by atomic mass is 10.00. The fourth-order valence-electron chi connectivity index (χ4n) is 3.97. The van der Waals surface area contributed by atoms with E-state index in [9.17, 15) is 4.79 Å². The largest absolute Gasteiger partial charge is 0.497 e. The Bertz CT molecular complexity index is 1170. The Labute approximate surface area is 180 Å². The van der Waals surface area contributed by atoms with Crippen LogP contribution in [0.2, 0.25) is 0 Å². The number of aromatic nitrogens is 1. The van der Waals surface area contributed by atoms with Crippen LogP contribution in [-0.2, 0) is 13.1 Å². The van der Waals surface area contributed by atoms with Gasteiger partial charge in [0.2, 0.25) is 5.78 Å². The molecule has 31 heavy (non-hydrogen) atoms. The highest BCUT2D eigenvalue weighted by Gasteiger charge is 2.33. The zero-order valence-electron chi connectivity index (χ0n) is 17.4. The quantitative estimate of drug-likeness (QED) is 0.591. The van der Waals surface area contributed by atoms with Gasteiger partial charge in [-0.25, -0.2) is 0 Å². The highest BCUT2D eigenvalue weighted by atomic mass is 16.5. The maximum atomic E-state index is 13.1. The Morgan fingerprint density at radius 1 is 1.16 bits per heavy atom. The monoisotopic (exact) mass is 414 g/mol. The van der Waals surface area contributed by atoms with Crippen molar-refractivity contribution in [3.8, 4) is 17.2 Å². The van der Waals surface area contributed by atoms with Crippen LogP contribution in [0, 0.1) is 6.92 Å². The van der Waals surface area contributed by atoms with Gasteiger partial charge in [0.25, 0.3) is 0 Å². The van der Waals surface area contributed by atoms with Gasteiger partial charge >= 0.3 is 0 Å². The number of carbonyl (C=O) groups excluding carboxylic acids is 1. The van der Waals surface area contributed by atoms with Gasteiger partial charge in [-0.05, 0) is 48.9 Å². The van der Waals surface area contributed by atoms with Gasteiger partial charge in [-0.15, -0.1) is 0 Å². The van der Waals surface area contributed by atoms with Gasteiger partial charge in [-0.2, -0.15) is 0 Å². The van der Waals surface area contributed by atoms with E-state index in [1.165, 1.54) is 0 Å². The topological polar surface area (TPSA) is 60.9 Å². The number of hydrogen-bond acceptors (Lipinski definition) is 6. The lowest BCUT2D eigenvalue weighted by Gasteiger charge is -2.30. The Hall–Kier alpha value is -3.64. The van der Waals surface area contributed by atoms with Crippen molar-refractivity contribution in [1.82, 2.24) is 9.88 Å². The van der Waals surface area contributed by atoms with Crippen LogP contribution in [-0.4, -0.2) is 29.5 Å². The molecule has 0 saturated heterocycles. The molecule has 0 radical (unpaired) electrons. The number of hydrogen-bond donors (Lipinski definition) is 0. The molecule has 0 amide bonds. The third-order valence-corrected chi connectivity index (χ3v) is 5.53. The molecule has 2 aliphatic rings. The summed E-state index contributed by atoms with van der Waals surface area (Å²) >= 11 is 0. The SMILES string of the molecule is COc1ccc(C=C2Oc3c(cc4c(c3C)OCN(Cc3ccccn3)C4)C2=O)cc1. The first kappa shape index (κ1) is 19.3. The first-order chi connectivity index (χ1) is 15.1. The number of allylic oxidation sites excluding steroid dienone is 1. The summed E-state index contributed by atoms with van der Waals surface area (Å²) in [6.45, 7) is 3.77. The molecule has 6 nitrogen and oxygen atoms in total. The van der Waals surface area contributed by atoms with E-state index in [-0.39, 0.29) is 5.78 Å². The minimum atomic E-state index is -0.112. The highest BCUT2D eigenvalue weighted by molar-refractivity contribution is 6.15. The second-order valence-corrected chi connectivity index (χ2v) is 7.66. The predicted octanol–water partition coefficient (Wildman–Crippen LogP) is 4.37. The van der Waals surface area contributed by atoms with Gasteiger partial charge in [0.15, 0.2) is 5.76 Å². The van der Waals surface area contributed by atoms with E-state index in [1.54, 1.807) is 19.4 Å². The molecule has 0 N–H and O–H groups in total. The molecule has 2 aromatic carbocycles. The van der Waals surface area contributed by atoms with Crippen LogP contribution < -0.4 is 14.2 Å². The van der Waals surface area contributed by atoms with Crippen molar-refractivity contribution in [2.24, 2.45) is 0 Å². The van der Waals surface area contributed by atoms with E-state index < -0.39 is 0 Å². The van der Waals surface area contributed by atoms with E-state index in [0.717, 1.165) is 33.9 Å². The van der Waals surface area contributed by atoms with E-state index >= 15 is 0 Å². The summed E-state index contributed by atoms with van der Waals surface area (Å²) in [7, 11) is 1.62. The first-order valence-electron chi connectivity index (χ1n) is 10.1. The number of fused-ring (bicyclic) bond motifs is 2. The molecule has 0 saturated carbocycles. The normalized spacial score (nSPS) is 16.5. The number of benzene rings is 2. The number of Topliss-reactive ketones (excluding diaryl/α,β-unsaturated/α-hetero) is 1. The zero-order chi connectivity index (χ0) is 21.4. The second kappa shape index (κ2) is 7.89. The number of ether oxygens (including phenoxy) is 3. The highest BCUT2D eigenvalue weighted by Crippen LogP contribution is 2.43. The van der Waals surface area contributed by atoms with Crippen molar-refractivity contribution in [1.29, 1.82) is 0 Å². The molecular weight excluding hydrogens is 392 g/mol. The van der Waals surface area contributed by atoms with Crippen molar-refractivity contribution < 1.29 is 19.0 Å². The van der Waals surface area contributed by atoms with E-state index in [4.69, 9.17) is 14.2 Å². The summed E-state index contributed by atoms with van der Waals surface area (Å²) in [6, 6.07) is 15.3. The summed E-state index contributed by atoms with van der Waals surface area (Å²) in [5, 5.41) is 0. The summed E-state index contributed by atoms with van der Waals surface area (Å²) < 4.78 is 17.2. The lowest BCUT2D eigenvalue weighted by Crippen LogP contribution is -2.32. The van der Waals surface area contributed by atoms with Crippen LogP contribution in [0.25, 0.3) is 6.08 Å². The van der Waals surface area contributed by atoms with Crippen LogP contribution in [0.4, 0.5) is 0 Å². The van der Waals surface area contributed by atoms with Gasteiger partial charge in [-0.1, -0.05) is 18.2 Å². The molecule has 0 unspecified atom stereocenters. The van der Waals surface area contributed by atoms with Crippen LogP contribution in [0.1, 0.15) is 32.7 Å². The molecule has 2 aliphatic heterocycles. The van der Waals surface area contributed by atoms with Gasteiger partial charge in [0.1, 0.15) is 24.0 Å². The fraction of sp³-hybridized carbons (Fsp3) is 0.200. The van der Waals surface area contributed by atoms with Crippen LogP contribution >= 0.6 is 0 Å². The van der Waals surface area contributed by atoms with Gasteiger partial charge in [0, 0.05) is 30.4 Å². The zero-order valence-corrected chi connectivity index (χ0v) is 17.4.